The van der Waals surface area contributed by atoms with Gasteiger partial charge in [-0.15, -0.1) is 0 Å². The van der Waals surface area contributed by atoms with Crippen LogP contribution in [0, 0.1) is 11.8 Å². The third-order valence-corrected chi connectivity index (χ3v) is 1.67. The lowest BCUT2D eigenvalue weighted by Crippen LogP contribution is -2.09. The lowest BCUT2D eigenvalue weighted by molar-refractivity contribution is -0.138. The van der Waals surface area contributed by atoms with Gasteiger partial charge >= 0.3 is 12.1 Å². The Bertz CT molecular complexity index is 472. The fourth-order valence-corrected chi connectivity index (χ4v) is 1.01. The van der Waals surface area contributed by atoms with Gasteiger partial charge in [-0.05, 0) is 25.0 Å². The third kappa shape index (κ3) is 3.79. The Kier molecular flexibility index (Phi) is 4.10. The van der Waals surface area contributed by atoms with E-state index in [1.54, 1.807) is 6.92 Å². The van der Waals surface area contributed by atoms with Crippen LogP contribution in [0.1, 0.15) is 18.2 Å². The van der Waals surface area contributed by atoms with Gasteiger partial charge < -0.3 is 4.74 Å². The predicted molar refractivity (Wildman–Crippen MR) is 52.8 cm³/mol. The molecule has 0 fully saturated rings. The van der Waals surface area contributed by atoms with Crippen molar-refractivity contribution >= 4 is 5.97 Å². The van der Waals surface area contributed by atoms with Crippen LogP contribution in [0.4, 0.5) is 13.2 Å². The number of carbonyl (C=O) groups is 1. The van der Waals surface area contributed by atoms with Crippen LogP contribution in [0.2, 0.25) is 0 Å². The van der Waals surface area contributed by atoms with Gasteiger partial charge in [-0.1, -0.05) is 0 Å². The second-order valence-electron chi connectivity index (χ2n) is 2.87. The molecule has 0 N–H and O–H groups in total. The summed E-state index contributed by atoms with van der Waals surface area (Å²) in [5.41, 5.74) is -1.47. The maximum Gasteiger partial charge on any atom is 0.419 e. The summed E-state index contributed by atoms with van der Waals surface area (Å²) in [6.07, 6.45) is -3.38. The summed E-state index contributed by atoms with van der Waals surface area (Å²) in [5, 5.41) is 0. The molecule has 0 spiro atoms. The number of aromatic nitrogens is 1. The molecule has 1 rings (SSSR count). The predicted octanol–water partition coefficient (Wildman–Crippen LogP) is 2.02. The first kappa shape index (κ1) is 13.0. The summed E-state index contributed by atoms with van der Waals surface area (Å²) in [6, 6.07) is 2.00. The van der Waals surface area contributed by atoms with Crippen molar-refractivity contribution in [2.24, 2.45) is 0 Å². The van der Waals surface area contributed by atoms with Gasteiger partial charge in [-0.3, -0.25) is 0 Å². The normalized spacial score (nSPS) is 10.4. The fourth-order valence-electron chi connectivity index (χ4n) is 1.01. The van der Waals surface area contributed by atoms with Crippen LogP contribution < -0.4 is 0 Å². The quantitative estimate of drug-likeness (QED) is 0.559. The van der Waals surface area contributed by atoms with E-state index in [2.05, 4.69) is 9.72 Å². The first-order valence-corrected chi connectivity index (χ1v) is 4.66. The Morgan fingerprint density at radius 3 is 2.82 bits per heavy atom. The second kappa shape index (κ2) is 5.34. The largest absolute Gasteiger partial charge is 0.456 e. The summed E-state index contributed by atoms with van der Waals surface area (Å²) >= 11 is 0. The van der Waals surface area contributed by atoms with Crippen molar-refractivity contribution in [2.75, 3.05) is 6.61 Å². The number of pyridine rings is 1. The monoisotopic (exact) mass is 243 g/mol. The van der Waals surface area contributed by atoms with Gasteiger partial charge in [0.15, 0.2) is 0 Å². The molecule has 1 aromatic heterocycles. The number of rotatable bonds is 1. The summed E-state index contributed by atoms with van der Waals surface area (Å²) in [4.78, 5) is 14.3. The van der Waals surface area contributed by atoms with Crippen LogP contribution in [0.25, 0.3) is 0 Å². The first-order valence-electron chi connectivity index (χ1n) is 4.66. The minimum absolute atomic E-state index is 0.113. The van der Waals surface area contributed by atoms with E-state index in [1.807, 2.05) is 11.8 Å². The molecular formula is C11H8F3NO2. The number of nitrogens with zero attached hydrogens (tertiary/aromatic N) is 1. The zero-order valence-electron chi connectivity index (χ0n) is 8.84. The third-order valence-electron chi connectivity index (χ3n) is 1.67. The van der Waals surface area contributed by atoms with Crippen molar-refractivity contribution in [3.8, 4) is 11.8 Å². The molecule has 0 bridgehead atoms. The van der Waals surface area contributed by atoms with Crippen LogP contribution in [0.3, 0.4) is 0 Å². The zero-order chi connectivity index (χ0) is 12.9. The number of esters is 1. The van der Waals surface area contributed by atoms with Crippen LogP contribution in [0.5, 0.6) is 0 Å². The average Bonchev–Trinajstić information content (AvgIpc) is 2.26. The van der Waals surface area contributed by atoms with Gasteiger partial charge in [0.05, 0.1) is 12.2 Å². The fraction of sp³-hybridized carbons (Fsp3) is 0.273. The molecule has 0 unspecified atom stereocenters. The minimum Gasteiger partial charge on any atom is -0.456 e. The van der Waals surface area contributed by atoms with E-state index >= 15 is 0 Å². The highest BCUT2D eigenvalue weighted by Gasteiger charge is 2.33. The number of ether oxygens (including phenoxy) is 1. The Labute approximate surface area is 95.6 Å². The van der Waals surface area contributed by atoms with Crippen molar-refractivity contribution in [1.29, 1.82) is 0 Å². The molecule has 1 aromatic rings. The van der Waals surface area contributed by atoms with E-state index in [0.29, 0.717) is 0 Å². The maximum atomic E-state index is 12.5. The molecule has 90 valence electrons. The van der Waals surface area contributed by atoms with Crippen molar-refractivity contribution in [2.45, 2.75) is 13.1 Å². The van der Waals surface area contributed by atoms with Gasteiger partial charge in [-0.25, -0.2) is 9.78 Å². The second-order valence-corrected chi connectivity index (χ2v) is 2.87. The number of alkyl halides is 3. The van der Waals surface area contributed by atoms with Gasteiger partial charge in [0.2, 0.25) is 0 Å². The minimum atomic E-state index is -4.55. The highest BCUT2D eigenvalue weighted by atomic mass is 19.4. The SMILES string of the molecule is CCOC(=O)C#Cc1ncccc1C(F)(F)F. The molecule has 0 aliphatic carbocycles. The summed E-state index contributed by atoms with van der Waals surface area (Å²) in [6.45, 7) is 1.68. The average molecular weight is 243 g/mol. The lowest BCUT2D eigenvalue weighted by atomic mass is 10.2. The van der Waals surface area contributed by atoms with E-state index in [9.17, 15) is 18.0 Å². The van der Waals surface area contributed by atoms with E-state index in [1.165, 1.54) is 6.20 Å². The van der Waals surface area contributed by atoms with Crippen molar-refractivity contribution < 1.29 is 22.7 Å². The van der Waals surface area contributed by atoms with Crippen molar-refractivity contribution in [1.82, 2.24) is 4.98 Å². The highest BCUT2D eigenvalue weighted by Crippen LogP contribution is 2.30. The van der Waals surface area contributed by atoms with E-state index in [-0.39, 0.29) is 6.61 Å². The first-order chi connectivity index (χ1) is 7.95. The maximum absolute atomic E-state index is 12.5. The molecule has 0 amide bonds. The van der Waals surface area contributed by atoms with Gasteiger partial charge in [-0.2, -0.15) is 13.2 Å². The van der Waals surface area contributed by atoms with E-state index in [0.717, 1.165) is 12.1 Å². The van der Waals surface area contributed by atoms with Gasteiger partial charge in [0.25, 0.3) is 0 Å². The molecule has 6 heteroatoms. The molecule has 0 saturated heterocycles. The zero-order valence-corrected chi connectivity index (χ0v) is 8.84. The molecule has 0 aromatic carbocycles. The molecule has 0 radical (unpaired) electrons. The molecule has 0 atom stereocenters. The molecule has 3 nitrogen and oxygen atoms in total. The molecule has 0 aliphatic rings. The lowest BCUT2D eigenvalue weighted by Gasteiger charge is -2.06. The Balaban J connectivity index is 3.03. The van der Waals surface area contributed by atoms with Crippen LogP contribution >= 0.6 is 0 Å². The summed E-state index contributed by atoms with van der Waals surface area (Å²) in [5.74, 6) is 3.10. The van der Waals surface area contributed by atoms with Crippen molar-refractivity contribution in [3.05, 3.63) is 29.6 Å². The summed E-state index contributed by atoms with van der Waals surface area (Å²) < 4.78 is 42.0. The molecule has 17 heavy (non-hydrogen) atoms. The number of hydrogen-bond acceptors (Lipinski definition) is 3. The molecular weight excluding hydrogens is 235 g/mol. The Morgan fingerprint density at radius 1 is 1.53 bits per heavy atom. The molecule has 0 saturated carbocycles. The van der Waals surface area contributed by atoms with Gasteiger partial charge in [0, 0.05) is 12.1 Å². The van der Waals surface area contributed by atoms with E-state index < -0.39 is 23.4 Å². The van der Waals surface area contributed by atoms with Crippen LogP contribution in [0.15, 0.2) is 18.3 Å². The standard InChI is InChI=1S/C11H8F3NO2/c1-2-17-10(16)6-5-9-8(11(12,13)14)4-3-7-15-9/h3-4,7H,2H2,1H3. The topological polar surface area (TPSA) is 39.2 Å². The Hall–Kier alpha value is -2.03. The van der Waals surface area contributed by atoms with Crippen LogP contribution in [-0.4, -0.2) is 17.6 Å². The molecule has 1 heterocycles. The molecule has 0 aliphatic heterocycles. The van der Waals surface area contributed by atoms with E-state index in [4.69, 9.17) is 0 Å². The summed E-state index contributed by atoms with van der Waals surface area (Å²) in [7, 11) is 0. The van der Waals surface area contributed by atoms with Crippen molar-refractivity contribution in [3.63, 3.8) is 0 Å². The number of halogens is 3. The van der Waals surface area contributed by atoms with Crippen LogP contribution in [-0.2, 0) is 15.7 Å². The number of carbonyl (C=O) groups excluding carboxylic acids is 1. The van der Waals surface area contributed by atoms with Gasteiger partial charge in [0.1, 0.15) is 5.69 Å². The highest BCUT2D eigenvalue weighted by molar-refractivity contribution is 5.89. The Morgan fingerprint density at radius 2 is 2.24 bits per heavy atom. The number of hydrogen-bond donors (Lipinski definition) is 0. The smallest absolute Gasteiger partial charge is 0.419 e.